The minimum Gasteiger partial charge on any atom is -0.300 e. The van der Waals surface area contributed by atoms with E-state index in [4.69, 9.17) is 0 Å². The van der Waals surface area contributed by atoms with Crippen molar-refractivity contribution in [2.75, 3.05) is 16.8 Å². The van der Waals surface area contributed by atoms with Crippen molar-refractivity contribution >= 4 is 45.0 Å². The number of aromatic nitrogens is 4. The summed E-state index contributed by atoms with van der Waals surface area (Å²) in [5, 5.41) is 20.3. The highest BCUT2D eigenvalue weighted by Crippen LogP contribution is 2.30. The zero-order valence-electron chi connectivity index (χ0n) is 14.2. The lowest BCUT2D eigenvalue weighted by Gasteiger charge is -2.13. The van der Waals surface area contributed by atoms with Crippen molar-refractivity contribution in [3.05, 3.63) is 29.3 Å². The molecule has 1 saturated heterocycles. The highest BCUT2D eigenvalue weighted by molar-refractivity contribution is 7.15. The van der Waals surface area contributed by atoms with Gasteiger partial charge in [0, 0.05) is 24.8 Å². The van der Waals surface area contributed by atoms with Crippen LogP contribution in [0.25, 0.3) is 10.9 Å². The van der Waals surface area contributed by atoms with Gasteiger partial charge in [-0.15, -0.1) is 10.2 Å². The van der Waals surface area contributed by atoms with Crippen molar-refractivity contribution in [1.82, 2.24) is 20.4 Å². The number of para-hydroxylation sites is 1. The third-order valence-corrected chi connectivity index (χ3v) is 5.26. The summed E-state index contributed by atoms with van der Waals surface area (Å²) < 4.78 is 0. The first-order valence-electron chi connectivity index (χ1n) is 8.52. The first-order chi connectivity index (χ1) is 12.7. The van der Waals surface area contributed by atoms with Gasteiger partial charge in [0.05, 0.1) is 11.4 Å². The maximum atomic E-state index is 12.5. The van der Waals surface area contributed by atoms with Gasteiger partial charge >= 0.3 is 0 Å². The maximum absolute atomic E-state index is 12.5. The zero-order chi connectivity index (χ0) is 18.1. The predicted octanol–water partition coefficient (Wildman–Crippen LogP) is 2.36. The molecule has 1 aromatic carbocycles. The Kier molecular flexibility index (Phi) is 4.37. The molecular weight excluding hydrogens is 352 g/mol. The molecule has 2 amide bonds. The first kappa shape index (κ1) is 16.6. The summed E-state index contributed by atoms with van der Waals surface area (Å²) in [5.41, 5.74) is 0.862. The summed E-state index contributed by atoms with van der Waals surface area (Å²) in [4.78, 5) is 26.5. The monoisotopic (exact) mass is 370 g/mol. The van der Waals surface area contributed by atoms with Crippen LogP contribution in [-0.2, 0) is 16.0 Å². The Bertz CT molecular complexity index is 965. The third kappa shape index (κ3) is 3.05. The first-order valence-corrected chi connectivity index (χ1v) is 9.34. The van der Waals surface area contributed by atoms with Gasteiger partial charge < -0.3 is 5.32 Å². The van der Waals surface area contributed by atoms with Gasteiger partial charge in [-0.25, -0.2) is 0 Å². The molecule has 2 aromatic heterocycles. The molecule has 0 bridgehead atoms. The average molecular weight is 370 g/mol. The van der Waals surface area contributed by atoms with Crippen molar-refractivity contribution in [3.8, 4) is 0 Å². The van der Waals surface area contributed by atoms with Gasteiger partial charge in [-0.2, -0.15) is 5.10 Å². The molecule has 1 aliphatic rings. The Morgan fingerprint density at radius 1 is 1.38 bits per heavy atom. The molecule has 2 N–H and O–H groups in total. The van der Waals surface area contributed by atoms with Crippen LogP contribution in [0.1, 0.15) is 24.8 Å². The van der Waals surface area contributed by atoms with Crippen LogP contribution in [0.5, 0.6) is 0 Å². The minimum atomic E-state index is -0.434. The van der Waals surface area contributed by atoms with Gasteiger partial charge in [0.25, 0.3) is 0 Å². The Hall–Kier alpha value is -2.81. The van der Waals surface area contributed by atoms with E-state index in [0.29, 0.717) is 17.5 Å². The second-order valence-corrected chi connectivity index (χ2v) is 7.30. The average Bonchev–Trinajstić information content (AvgIpc) is 3.34. The summed E-state index contributed by atoms with van der Waals surface area (Å²) in [6.45, 7) is 2.37. The zero-order valence-corrected chi connectivity index (χ0v) is 15.0. The summed E-state index contributed by atoms with van der Waals surface area (Å²) in [6.07, 6.45) is 1.98. The SMILES string of the molecule is CCCc1nnc(NC(=O)[C@H]2CC(=O)N(c3n[nH]c4ccccc34)C2)s1. The van der Waals surface area contributed by atoms with E-state index in [2.05, 4.69) is 32.6 Å². The molecule has 1 aliphatic heterocycles. The standard InChI is InChI=1S/C17H18N6O2S/c1-2-5-13-20-22-17(26-13)18-16(25)10-8-14(24)23(9-10)15-11-6-3-4-7-12(11)19-21-15/h3-4,6-7,10H,2,5,8-9H2,1H3,(H,19,21)(H,18,22,25)/t10-/m0/s1. The fourth-order valence-electron chi connectivity index (χ4n) is 3.07. The van der Waals surface area contributed by atoms with E-state index in [1.54, 1.807) is 4.90 Å². The Balaban J connectivity index is 1.47. The van der Waals surface area contributed by atoms with E-state index in [0.717, 1.165) is 28.8 Å². The molecule has 8 nitrogen and oxygen atoms in total. The molecule has 26 heavy (non-hydrogen) atoms. The third-order valence-electron chi connectivity index (χ3n) is 4.36. The van der Waals surface area contributed by atoms with Crippen LogP contribution >= 0.6 is 11.3 Å². The number of anilines is 2. The lowest BCUT2D eigenvalue weighted by Crippen LogP contribution is -2.28. The van der Waals surface area contributed by atoms with Crippen molar-refractivity contribution in [3.63, 3.8) is 0 Å². The molecule has 3 aromatic rings. The van der Waals surface area contributed by atoms with Crippen molar-refractivity contribution in [2.45, 2.75) is 26.2 Å². The van der Waals surface area contributed by atoms with Gasteiger partial charge in [-0.3, -0.25) is 19.6 Å². The second kappa shape index (κ2) is 6.83. The molecule has 0 unspecified atom stereocenters. The number of hydrogen-bond donors (Lipinski definition) is 2. The summed E-state index contributed by atoms with van der Waals surface area (Å²) >= 11 is 1.38. The molecule has 0 saturated carbocycles. The Morgan fingerprint density at radius 3 is 3.08 bits per heavy atom. The highest BCUT2D eigenvalue weighted by atomic mass is 32.1. The van der Waals surface area contributed by atoms with Crippen LogP contribution < -0.4 is 10.2 Å². The number of aromatic amines is 1. The number of carbonyl (C=O) groups is 2. The van der Waals surface area contributed by atoms with Crippen LogP contribution in [-0.4, -0.2) is 38.8 Å². The second-order valence-electron chi connectivity index (χ2n) is 6.24. The molecule has 0 radical (unpaired) electrons. The molecule has 0 aliphatic carbocycles. The summed E-state index contributed by atoms with van der Waals surface area (Å²) in [6, 6.07) is 7.61. The lowest BCUT2D eigenvalue weighted by molar-refractivity contribution is -0.122. The highest BCUT2D eigenvalue weighted by Gasteiger charge is 2.37. The number of hydrogen-bond acceptors (Lipinski definition) is 6. The molecule has 4 rings (SSSR count). The van der Waals surface area contributed by atoms with Crippen LogP contribution in [0.2, 0.25) is 0 Å². The maximum Gasteiger partial charge on any atom is 0.231 e. The predicted molar refractivity (Wildman–Crippen MR) is 99.1 cm³/mol. The van der Waals surface area contributed by atoms with Crippen molar-refractivity contribution < 1.29 is 9.59 Å². The van der Waals surface area contributed by atoms with Crippen LogP contribution in [0.15, 0.2) is 24.3 Å². The molecular formula is C17H18N6O2S. The summed E-state index contributed by atoms with van der Waals surface area (Å²) in [5.74, 6) is -0.176. The molecule has 134 valence electrons. The van der Waals surface area contributed by atoms with Crippen LogP contribution in [0, 0.1) is 5.92 Å². The van der Waals surface area contributed by atoms with Gasteiger partial charge in [-0.05, 0) is 18.6 Å². The topological polar surface area (TPSA) is 104 Å². The number of nitrogens with zero attached hydrogens (tertiary/aromatic N) is 4. The Labute approximate surface area is 153 Å². The fraction of sp³-hybridized carbons (Fsp3) is 0.353. The van der Waals surface area contributed by atoms with Crippen LogP contribution in [0.3, 0.4) is 0 Å². The van der Waals surface area contributed by atoms with E-state index in [1.165, 1.54) is 11.3 Å². The van der Waals surface area contributed by atoms with Crippen molar-refractivity contribution in [1.29, 1.82) is 0 Å². The number of aryl methyl sites for hydroxylation is 1. The summed E-state index contributed by atoms with van der Waals surface area (Å²) in [7, 11) is 0. The van der Waals surface area contributed by atoms with Gasteiger partial charge in [0.2, 0.25) is 16.9 Å². The Morgan fingerprint density at radius 2 is 2.23 bits per heavy atom. The number of benzene rings is 1. The normalized spacial score (nSPS) is 17.2. The minimum absolute atomic E-state index is 0.105. The fourth-order valence-corrected chi connectivity index (χ4v) is 3.91. The molecule has 1 atom stereocenters. The smallest absolute Gasteiger partial charge is 0.231 e. The molecule has 0 spiro atoms. The lowest BCUT2D eigenvalue weighted by atomic mass is 10.1. The van der Waals surface area contributed by atoms with E-state index in [1.807, 2.05) is 24.3 Å². The van der Waals surface area contributed by atoms with Gasteiger partial charge in [-0.1, -0.05) is 30.4 Å². The number of H-pyrrole nitrogens is 1. The molecule has 1 fully saturated rings. The number of rotatable bonds is 5. The van der Waals surface area contributed by atoms with E-state index in [9.17, 15) is 9.59 Å². The number of nitrogens with one attached hydrogen (secondary N) is 2. The van der Waals surface area contributed by atoms with E-state index < -0.39 is 5.92 Å². The molecule has 9 heteroatoms. The van der Waals surface area contributed by atoms with Crippen molar-refractivity contribution in [2.24, 2.45) is 5.92 Å². The van der Waals surface area contributed by atoms with E-state index in [-0.39, 0.29) is 18.2 Å². The number of carbonyl (C=O) groups excluding carboxylic acids is 2. The number of fused-ring (bicyclic) bond motifs is 1. The van der Waals surface area contributed by atoms with Crippen LogP contribution in [0.4, 0.5) is 10.9 Å². The molecule has 3 heterocycles. The van der Waals surface area contributed by atoms with Gasteiger partial charge in [0.1, 0.15) is 5.01 Å². The number of amides is 2. The van der Waals surface area contributed by atoms with E-state index >= 15 is 0 Å². The van der Waals surface area contributed by atoms with Gasteiger partial charge in [0.15, 0.2) is 5.82 Å². The quantitative estimate of drug-likeness (QED) is 0.717. The largest absolute Gasteiger partial charge is 0.300 e.